The number of rotatable bonds is 1. The number of hydrogen-bond acceptors (Lipinski definition) is 8. The molecule has 0 aliphatic carbocycles. The zero-order valence-corrected chi connectivity index (χ0v) is 13.5. The minimum Gasteiger partial charge on any atom is -0.490 e. The molecule has 25 heavy (non-hydrogen) atoms. The Morgan fingerprint density at radius 3 is 2.88 bits per heavy atom. The molecule has 0 fully saturated rings. The van der Waals surface area contributed by atoms with E-state index in [1.165, 1.54) is 11.2 Å². The van der Waals surface area contributed by atoms with Gasteiger partial charge in [0.25, 0.3) is 5.91 Å². The van der Waals surface area contributed by atoms with Gasteiger partial charge in [0.15, 0.2) is 0 Å². The van der Waals surface area contributed by atoms with Gasteiger partial charge in [-0.25, -0.2) is 10.8 Å². The van der Waals surface area contributed by atoms with Crippen molar-refractivity contribution in [1.82, 2.24) is 9.99 Å². The van der Waals surface area contributed by atoms with Crippen LogP contribution in [-0.4, -0.2) is 42.5 Å². The monoisotopic (exact) mass is 345 g/mol. The first kappa shape index (κ1) is 16.8. The summed E-state index contributed by atoms with van der Waals surface area (Å²) in [7, 11) is 0. The fraction of sp³-hybridized carbons (Fsp3) is 0.250. The summed E-state index contributed by atoms with van der Waals surface area (Å²) in [5.41, 5.74) is 11.9. The van der Waals surface area contributed by atoms with Crippen molar-refractivity contribution in [2.75, 3.05) is 26.6 Å². The number of nitrogens with zero attached hydrogens (tertiary/aromatic N) is 2. The highest BCUT2D eigenvalue weighted by atomic mass is 16.5. The van der Waals surface area contributed by atoms with Crippen molar-refractivity contribution >= 4 is 16.7 Å². The molecule has 0 radical (unpaired) electrons. The third kappa shape index (κ3) is 3.57. The van der Waals surface area contributed by atoms with Crippen molar-refractivity contribution in [3.63, 3.8) is 0 Å². The van der Waals surface area contributed by atoms with Crippen molar-refractivity contribution in [3.05, 3.63) is 41.9 Å². The van der Waals surface area contributed by atoms with Crippen LogP contribution in [0.3, 0.4) is 0 Å². The van der Waals surface area contributed by atoms with E-state index >= 15 is 0 Å². The van der Waals surface area contributed by atoms with E-state index in [0.717, 1.165) is 5.39 Å². The third-order valence-electron chi connectivity index (χ3n) is 3.73. The predicted molar refractivity (Wildman–Crippen MR) is 90.4 cm³/mol. The lowest BCUT2D eigenvalue weighted by Crippen LogP contribution is -2.36. The third-order valence-corrected chi connectivity index (χ3v) is 3.73. The van der Waals surface area contributed by atoms with Crippen molar-refractivity contribution in [3.8, 4) is 11.6 Å². The highest BCUT2D eigenvalue weighted by molar-refractivity contribution is 6.01. The topological polar surface area (TPSA) is 139 Å². The van der Waals surface area contributed by atoms with Crippen LogP contribution < -0.4 is 26.8 Å². The SMILES string of the molecule is N/C=C1/COc2nccc3cc(C(N)=O)c(cc23)OCCOCN1N. The number of hydrogen-bond donors (Lipinski definition) is 3. The highest BCUT2D eigenvalue weighted by Crippen LogP contribution is 2.31. The summed E-state index contributed by atoms with van der Waals surface area (Å²) in [5.74, 6) is 6.03. The largest absolute Gasteiger partial charge is 0.490 e. The second kappa shape index (κ2) is 7.24. The summed E-state index contributed by atoms with van der Waals surface area (Å²) in [4.78, 5) is 16.0. The lowest BCUT2D eigenvalue weighted by atomic mass is 10.1. The Labute approximate surface area is 143 Å². The number of carbonyl (C=O) groups is 1. The van der Waals surface area contributed by atoms with E-state index in [1.807, 2.05) is 0 Å². The number of ether oxygens (including phenoxy) is 3. The molecular weight excluding hydrogens is 326 g/mol. The molecule has 132 valence electrons. The van der Waals surface area contributed by atoms with Gasteiger partial charge in [-0.15, -0.1) is 0 Å². The van der Waals surface area contributed by atoms with E-state index in [-0.39, 0.29) is 32.1 Å². The second-order valence-corrected chi connectivity index (χ2v) is 5.35. The molecular formula is C16H19N5O4. The molecule has 2 bridgehead atoms. The number of carbonyl (C=O) groups excluding carboxylic acids is 1. The molecule has 3 rings (SSSR count). The number of benzene rings is 1. The Bertz CT molecular complexity index is 824. The number of amides is 1. The van der Waals surface area contributed by atoms with E-state index < -0.39 is 5.91 Å². The standard InChI is InChI=1S/C16H19N5O4/c17-7-11-8-25-16-12-6-14(24-4-3-23-9-21(11)19)13(15(18)22)5-10(12)1-2-20-16/h1-2,5-7H,3-4,8-9,17,19H2,(H2,18,22)/b11-7-. The van der Waals surface area contributed by atoms with Crippen molar-refractivity contribution in [1.29, 1.82) is 0 Å². The first-order valence-corrected chi connectivity index (χ1v) is 7.59. The van der Waals surface area contributed by atoms with Crippen LogP contribution in [0.1, 0.15) is 10.4 Å². The number of fused-ring (bicyclic) bond motifs is 1. The Kier molecular flexibility index (Phi) is 4.87. The molecule has 2 aromatic rings. The Morgan fingerprint density at radius 2 is 2.12 bits per heavy atom. The number of nitrogens with two attached hydrogens (primary N) is 3. The first-order valence-electron chi connectivity index (χ1n) is 7.59. The van der Waals surface area contributed by atoms with Gasteiger partial charge < -0.3 is 25.7 Å². The lowest BCUT2D eigenvalue weighted by molar-refractivity contribution is 0.0263. The van der Waals surface area contributed by atoms with Gasteiger partial charge in [0.1, 0.15) is 25.7 Å². The quantitative estimate of drug-likeness (QED) is 0.616. The minimum atomic E-state index is -0.581. The molecule has 0 saturated carbocycles. The van der Waals surface area contributed by atoms with Crippen LogP contribution in [0.2, 0.25) is 0 Å². The van der Waals surface area contributed by atoms with E-state index in [2.05, 4.69) is 4.98 Å². The molecule has 6 N–H and O–H groups in total. The zero-order chi connectivity index (χ0) is 17.8. The van der Waals surface area contributed by atoms with E-state index in [0.29, 0.717) is 22.7 Å². The summed E-state index contributed by atoms with van der Waals surface area (Å²) in [6.45, 7) is 0.699. The fourth-order valence-corrected chi connectivity index (χ4v) is 2.43. The average Bonchev–Trinajstić information content (AvgIpc) is 2.61. The maximum atomic E-state index is 11.7. The molecule has 0 atom stereocenters. The average molecular weight is 345 g/mol. The van der Waals surface area contributed by atoms with E-state index in [1.54, 1.807) is 24.4 Å². The molecule has 1 amide bonds. The van der Waals surface area contributed by atoms with Crippen LogP contribution in [-0.2, 0) is 4.74 Å². The number of aromatic nitrogens is 1. The molecule has 9 nitrogen and oxygen atoms in total. The van der Waals surface area contributed by atoms with Crippen LogP contribution in [0.4, 0.5) is 0 Å². The maximum Gasteiger partial charge on any atom is 0.252 e. The van der Waals surface area contributed by atoms with Crippen molar-refractivity contribution in [2.24, 2.45) is 17.3 Å². The highest BCUT2D eigenvalue weighted by Gasteiger charge is 2.16. The molecule has 9 heteroatoms. The Balaban J connectivity index is 2.07. The smallest absolute Gasteiger partial charge is 0.252 e. The number of hydrazine groups is 1. The Morgan fingerprint density at radius 1 is 1.28 bits per heavy atom. The minimum absolute atomic E-state index is 0.105. The summed E-state index contributed by atoms with van der Waals surface area (Å²) < 4.78 is 16.8. The molecule has 1 aliphatic rings. The van der Waals surface area contributed by atoms with Crippen LogP contribution in [0.15, 0.2) is 36.3 Å². The van der Waals surface area contributed by atoms with Crippen LogP contribution in [0.25, 0.3) is 10.8 Å². The summed E-state index contributed by atoms with van der Waals surface area (Å²) in [5, 5.41) is 2.77. The normalized spacial score (nSPS) is 17.3. The molecule has 1 aromatic heterocycles. The molecule has 1 aromatic carbocycles. The van der Waals surface area contributed by atoms with Gasteiger partial charge in [-0.2, -0.15) is 0 Å². The van der Waals surface area contributed by atoms with Crippen LogP contribution in [0.5, 0.6) is 11.6 Å². The van der Waals surface area contributed by atoms with Crippen molar-refractivity contribution in [2.45, 2.75) is 0 Å². The first-order chi connectivity index (χ1) is 12.1. The Hall–Kier alpha value is -3.04. The van der Waals surface area contributed by atoms with Crippen molar-refractivity contribution < 1.29 is 19.0 Å². The summed E-state index contributed by atoms with van der Waals surface area (Å²) in [6, 6.07) is 5.09. The summed E-state index contributed by atoms with van der Waals surface area (Å²) in [6.07, 6.45) is 2.93. The van der Waals surface area contributed by atoms with Gasteiger partial charge in [0, 0.05) is 17.8 Å². The van der Waals surface area contributed by atoms with Crippen LogP contribution >= 0.6 is 0 Å². The number of primary amides is 1. The van der Waals surface area contributed by atoms with Gasteiger partial charge in [0.05, 0.1) is 17.9 Å². The predicted octanol–water partition coefficient (Wildman–Crippen LogP) is 0.0548. The van der Waals surface area contributed by atoms with Crippen LogP contribution in [0, 0.1) is 0 Å². The summed E-state index contributed by atoms with van der Waals surface area (Å²) >= 11 is 0. The molecule has 0 unspecified atom stereocenters. The second-order valence-electron chi connectivity index (χ2n) is 5.35. The number of pyridine rings is 1. The van der Waals surface area contributed by atoms with Gasteiger partial charge in [-0.3, -0.25) is 9.80 Å². The maximum absolute atomic E-state index is 11.7. The fourth-order valence-electron chi connectivity index (χ4n) is 2.43. The van der Waals surface area contributed by atoms with E-state index in [9.17, 15) is 4.79 Å². The zero-order valence-electron chi connectivity index (χ0n) is 13.5. The molecule has 2 heterocycles. The molecule has 1 aliphatic heterocycles. The van der Waals surface area contributed by atoms with Gasteiger partial charge in [-0.05, 0) is 23.6 Å². The molecule has 0 spiro atoms. The van der Waals surface area contributed by atoms with Gasteiger partial charge >= 0.3 is 0 Å². The lowest BCUT2D eigenvalue weighted by Gasteiger charge is -2.21. The van der Waals surface area contributed by atoms with E-state index in [4.69, 9.17) is 31.5 Å². The van der Waals surface area contributed by atoms with Gasteiger partial charge in [0.2, 0.25) is 5.88 Å². The molecule has 0 saturated heterocycles. The van der Waals surface area contributed by atoms with Gasteiger partial charge in [-0.1, -0.05) is 0 Å².